The molecule has 1 aromatic heterocycles. The van der Waals surface area contributed by atoms with Crippen molar-refractivity contribution in [1.82, 2.24) is 10.3 Å². The smallest absolute Gasteiger partial charge is 0.253 e. The van der Waals surface area contributed by atoms with Crippen LogP contribution in [0.3, 0.4) is 0 Å². The molecule has 3 rings (SSSR count). The second-order valence-corrected chi connectivity index (χ2v) is 6.43. The highest BCUT2D eigenvalue weighted by atomic mass is 19.1. The molecule has 1 unspecified atom stereocenters. The lowest BCUT2D eigenvalue weighted by atomic mass is 10.2. The van der Waals surface area contributed by atoms with Gasteiger partial charge in [-0.25, -0.2) is 4.39 Å². The largest absolute Gasteiger partial charge is 0.454 e. The molecular weight excluding hydrogens is 371 g/mol. The van der Waals surface area contributed by atoms with Gasteiger partial charge in [-0.3, -0.25) is 9.78 Å². The van der Waals surface area contributed by atoms with E-state index in [1.807, 2.05) is 19.9 Å². The lowest BCUT2D eigenvalue weighted by molar-refractivity contribution is 0.0732. The van der Waals surface area contributed by atoms with Gasteiger partial charge in [0.2, 0.25) is 0 Å². The van der Waals surface area contributed by atoms with Crippen molar-refractivity contribution in [3.05, 3.63) is 89.5 Å². The van der Waals surface area contributed by atoms with E-state index in [4.69, 9.17) is 9.47 Å². The number of rotatable bonds is 8. The second-order valence-electron chi connectivity index (χ2n) is 6.43. The Kier molecular flexibility index (Phi) is 6.92. The number of hydrogen-bond donors (Lipinski definition) is 1. The first-order valence-electron chi connectivity index (χ1n) is 9.44. The highest BCUT2D eigenvalue weighted by Crippen LogP contribution is 2.24. The van der Waals surface area contributed by atoms with Gasteiger partial charge in [-0.05, 0) is 55.8 Å². The van der Waals surface area contributed by atoms with Crippen molar-refractivity contribution in [2.45, 2.75) is 26.5 Å². The molecule has 1 amide bonds. The van der Waals surface area contributed by atoms with Crippen LogP contribution in [0.15, 0.2) is 66.9 Å². The maximum absolute atomic E-state index is 13.7. The fourth-order valence-corrected chi connectivity index (χ4v) is 2.77. The van der Waals surface area contributed by atoms with Crippen LogP contribution in [-0.4, -0.2) is 17.5 Å². The van der Waals surface area contributed by atoms with Gasteiger partial charge < -0.3 is 14.8 Å². The van der Waals surface area contributed by atoms with Crippen LogP contribution in [0.1, 0.15) is 41.6 Å². The first-order valence-corrected chi connectivity index (χ1v) is 9.44. The van der Waals surface area contributed by atoms with Gasteiger partial charge in [0.1, 0.15) is 5.75 Å². The predicted molar refractivity (Wildman–Crippen MR) is 108 cm³/mol. The number of amides is 1. The molecule has 3 aromatic rings. The van der Waals surface area contributed by atoms with Gasteiger partial charge in [0.05, 0.1) is 17.4 Å². The number of ether oxygens (including phenoxy) is 2. The number of carbonyl (C=O) groups is 1. The third-order valence-corrected chi connectivity index (χ3v) is 4.30. The molecule has 2 aromatic carbocycles. The van der Waals surface area contributed by atoms with Gasteiger partial charge in [0.25, 0.3) is 5.91 Å². The number of carbonyl (C=O) groups excluding carboxylic acids is 1. The lowest BCUT2D eigenvalue weighted by Gasteiger charge is -2.12. The number of para-hydroxylation sites is 1. The molecular formula is C23H23FN2O3. The summed E-state index contributed by atoms with van der Waals surface area (Å²) in [6.07, 6.45) is 1.42. The quantitative estimate of drug-likeness (QED) is 0.581. The van der Waals surface area contributed by atoms with E-state index in [9.17, 15) is 9.18 Å². The normalized spacial score (nSPS) is 11.7. The molecule has 5 nitrogen and oxygen atoms in total. The Bertz CT molecular complexity index is 960. The van der Waals surface area contributed by atoms with Crippen molar-refractivity contribution in [3.63, 3.8) is 0 Å². The van der Waals surface area contributed by atoms with Crippen LogP contribution in [0.5, 0.6) is 11.5 Å². The maximum atomic E-state index is 13.7. The first-order chi connectivity index (χ1) is 14.1. The van der Waals surface area contributed by atoms with E-state index < -0.39 is 5.82 Å². The van der Waals surface area contributed by atoms with E-state index in [0.717, 1.165) is 11.3 Å². The van der Waals surface area contributed by atoms with Crippen LogP contribution in [0.4, 0.5) is 4.39 Å². The molecule has 0 radical (unpaired) electrons. The summed E-state index contributed by atoms with van der Waals surface area (Å²) in [5.74, 6) is -0.00624. The highest BCUT2D eigenvalue weighted by molar-refractivity contribution is 5.93. The van der Waals surface area contributed by atoms with Crippen LogP contribution in [0, 0.1) is 5.82 Å². The van der Waals surface area contributed by atoms with E-state index in [1.165, 1.54) is 12.3 Å². The molecule has 0 spiro atoms. The zero-order chi connectivity index (χ0) is 20.6. The minimum atomic E-state index is -0.430. The fraction of sp³-hybridized carbons (Fsp3) is 0.217. The summed E-state index contributed by atoms with van der Waals surface area (Å²) in [6.45, 7) is 4.76. The number of nitrogens with zero attached hydrogens (tertiary/aromatic N) is 1. The molecule has 0 aliphatic carbocycles. The first kappa shape index (κ1) is 20.5. The standard InChI is InChI=1S/C23H23FN2O3/c1-3-28-16(2)21-12-11-18(15-25-21)23(27)26-14-17-7-6-8-19(13-17)29-22-10-5-4-9-20(22)24/h4-13,15-16H,3,14H2,1-2H3,(H,26,27). The molecule has 1 atom stereocenters. The molecule has 0 saturated heterocycles. The zero-order valence-electron chi connectivity index (χ0n) is 16.4. The number of benzene rings is 2. The van der Waals surface area contributed by atoms with Crippen LogP contribution >= 0.6 is 0 Å². The van der Waals surface area contributed by atoms with Gasteiger partial charge >= 0.3 is 0 Å². The number of nitrogens with one attached hydrogen (secondary N) is 1. The van der Waals surface area contributed by atoms with E-state index in [2.05, 4.69) is 10.3 Å². The summed E-state index contributed by atoms with van der Waals surface area (Å²) in [6, 6.07) is 16.9. The van der Waals surface area contributed by atoms with E-state index in [1.54, 1.807) is 48.5 Å². The number of hydrogen-bond acceptors (Lipinski definition) is 4. The van der Waals surface area contributed by atoms with Crippen LogP contribution in [0.2, 0.25) is 0 Å². The Morgan fingerprint density at radius 2 is 1.97 bits per heavy atom. The van der Waals surface area contributed by atoms with Crippen molar-refractivity contribution in [3.8, 4) is 11.5 Å². The predicted octanol–water partition coefficient (Wildman–Crippen LogP) is 5.04. The molecule has 1 N–H and O–H groups in total. The van der Waals surface area contributed by atoms with Crippen molar-refractivity contribution >= 4 is 5.91 Å². The molecule has 0 saturated carbocycles. The molecule has 1 heterocycles. The summed E-state index contributed by atoms with van der Waals surface area (Å²) in [4.78, 5) is 16.7. The summed E-state index contributed by atoms with van der Waals surface area (Å²) in [7, 11) is 0. The minimum Gasteiger partial charge on any atom is -0.454 e. The fourth-order valence-electron chi connectivity index (χ4n) is 2.77. The second kappa shape index (κ2) is 9.80. The average Bonchev–Trinajstić information content (AvgIpc) is 2.74. The van der Waals surface area contributed by atoms with Gasteiger partial charge in [-0.1, -0.05) is 24.3 Å². The third-order valence-electron chi connectivity index (χ3n) is 4.30. The molecule has 6 heteroatoms. The summed E-state index contributed by atoms with van der Waals surface area (Å²) in [5.41, 5.74) is 2.08. The monoisotopic (exact) mass is 394 g/mol. The van der Waals surface area contributed by atoms with E-state index in [-0.39, 0.29) is 17.8 Å². The number of pyridine rings is 1. The van der Waals surface area contributed by atoms with Crippen molar-refractivity contribution in [1.29, 1.82) is 0 Å². The van der Waals surface area contributed by atoms with Gasteiger partial charge in [-0.2, -0.15) is 0 Å². The zero-order valence-corrected chi connectivity index (χ0v) is 16.4. The molecule has 0 fully saturated rings. The van der Waals surface area contributed by atoms with Gasteiger partial charge in [0, 0.05) is 19.3 Å². The summed E-state index contributed by atoms with van der Waals surface area (Å²) < 4.78 is 24.8. The van der Waals surface area contributed by atoms with E-state index >= 15 is 0 Å². The number of aromatic nitrogens is 1. The van der Waals surface area contributed by atoms with Crippen LogP contribution < -0.4 is 10.1 Å². The van der Waals surface area contributed by atoms with Gasteiger partial charge in [0.15, 0.2) is 11.6 Å². The van der Waals surface area contributed by atoms with Crippen LogP contribution in [-0.2, 0) is 11.3 Å². The Hall–Kier alpha value is -3.25. The van der Waals surface area contributed by atoms with Gasteiger partial charge in [-0.15, -0.1) is 0 Å². The third kappa shape index (κ3) is 5.62. The minimum absolute atomic E-state index is 0.116. The van der Waals surface area contributed by atoms with Crippen molar-refractivity contribution in [2.75, 3.05) is 6.61 Å². The Morgan fingerprint density at radius 1 is 1.14 bits per heavy atom. The maximum Gasteiger partial charge on any atom is 0.253 e. The molecule has 0 aliphatic heterocycles. The Morgan fingerprint density at radius 3 is 2.69 bits per heavy atom. The number of halogens is 1. The van der Waals surface area contributed by atoms with Crippen LogP contribution in [0.25, 0.3) is 0 Å². The molecule has 0 bridgehead atoms. The summed E-state index contributed by atoms with van der Waals surface area (Å²) >= 11 is 0. The van der Waals surface area contributed by atoms with Crippen molar-refractivity contribution < 1.29 is 18.7 Å². The molecule has 0 aliphatic rings. The average molecular weight is 394 g/mol. The topological polar surface area (TPSA) is 60.5 Å². The Balaban J connectivity index is 1.59. The lowest BCUT2D eigenvalue weighted by Crippen LogP contribution is -2.23. The van der Waals surface area contributed by atoms with Crippen molar-refractivity contribution in [2.24, 2.45) is 0 Å². The molecule has 150 valence electrons. The summed E-state index contributed by atoms with van der Waals surface area (Å²) in [5, 5.41) is 2.85. The van der Waals surface area contributed by atoms with E-state index in [0.29, 0.717) is 24.5 Å². The Labute approximate surface area is 169 Å². The SMILES string of the molecule is CCOC(C)c1ccc(C(=O)NCc2cccc(Oc3ccccc3F)c2)cn1. The highest BCUT2D eigenvalue weighted by Gasteiger charge is 2.10. The molecule has 29 heavy (non-hydrogen) atoms.